The number of esters is 2. The molecule has 2 aromatic heterocycles. The Balaban J connectivity index is 1.65. The molecular formula is C31H26BrClN2O8S. The maximum absolute atomic E-state index is 14.0. The maximum atomic E-state index is 14.0. The van der Waals surface area contributed by atoms with E-state index in [1.807, 2.05) is 0 Å². The number of methoxy groups -OCH3 is 3. The summed E-state index contributed by atoms with van der Waals surface area (Å²) < 4.78 is 29.6. The number of hydrogen-bond acceptors (Lipinski definition) is 10. The molecule has 5 rings (SSSR count). The number of rotatable bonds is 8. The zero-order chi connectivity index (χ0) is 31.7. The summed E-state index contributed by atoms with van der Waals surface area (Å²) in [5.74, 6) is 0.592. The number of carbonyl (C=O) groups excluding carboxylic acids is 2. The van der Waals surface area contributed by atoms with Crippen LogP contribution in [0.2, 0.25) is 5.02 Å². The number of furan rings is 1. The highest BCUT2D eigenvalue weighted by molar-refractivity contribution is 9.10. The molecule has 44 heavy (non-hydrogen) atoms. The first kappa shape index (κ1) is 31.3. The van der Waals surface area contributed by atoms with Crippen LogP contribution < -0.4 is 24.4 Å². The Morgan fingerprint density at radius 2 is 1.82 bits per heavy atom. The van der Waals surface area contributed by atoms with E-state index < -0.39 is 18.0 Å². The first-order valence-corrected chi connectivity index (χ1v) is 15.2. The molecule has 0 saturated heterocycles. The summed E-state index contributed by atoms with van der Waals surface area (Å²) in [5, 5.41) is 0.252. The minimum absolute atomic E-state index is 0.148. The van der Waals surface area contributed by atoms with E-state index in [2.05, 4.69) is 20.9 Å². The van der Waals surface area contributed by atoms with E-state index in [9.17, 15) is 14.4 Å². The van der Waals surface area contributed by atoms with E-state index in [-0.39, 0.29) is 28.3 Å². The van der Waals surface area contributed by atoms with Crippen molar-refractivity contribution in [2.75, 3.05) is 27.9 Å². The van der Waals surface area contributed by atoms with Gasteiger partial charge in [0, 0.05) is 16.1 Å². The van der Waals surface area contributed by atoms with Crippen LogP contribution in [0.5, 0.6) is 11.5 Å². The molecule has 1 aliphatic rings. The number of ether oxygens (including phenoxy) is 4. The van der Waals surface area contributed by atoms with E-state index in [0.717, 1.165) is 11.3 Å². The second-order valence-electron chi connectivity index (χ2n) is 9.42. The molecular weight excluding hydrogens is 676 g/mol. The largest absolute Gasteiger partial charge is 0.493 e. The van der Waals surface area contributed by atoms with Crippen LogP contribution in [-0.2, 0) is 14.3 Å². The predicted octanol–water partition coefficient (Wildman–Crippen LogP) is 5.28. The highest BCUT2D eigenvalue weighted by Crippen LogP contribution is 2.41. The lowest BCUT2D eigenvalue weighted by molar-refractivity contribution is -0.139. The third-order valence-corrected chi connectivity index (χ3v) is 8.87. The summed E-state index contributed by atoms with van der Waals surface area (Å²) in [4.78, 5) is 44.4. The van der Waals surface area contributed by atoms with Crippen molar-refractivity contribution in [3.05, 3.63) is 99.8 Å². The highest BCUT2D eigenvalue weighted by Gasteiger charge is 2.35. The molecule has 2 aromatic carbocycles. The van der Waals surface area contributed by atoms with E-state index in [0.29, 0.717) is 53.6 Å². The van der Waals surface area contributed by atoms with Gasteiger partial charge in [0.15, 0.2) is 16.3 Å². The van der Waals surface area contributed by atoms with Gasteiger partial charge in [0.1, 0.15) is 11.5 Å². The van der Waals surface area contributed by atoms with E-state index >= 15 is 0 Å². The van der Waals surface area contributed by atoms with Gasteiger partial charge >= 0.3 is 11.9 Å². The second kappa shape index (κ2) is 12.8. The van der Waals surface area contributed by atoms with Crippen LogP contribution in [0.25, 0.3) is 17.4 Å². The third-order valence-electron chi connectivity index (χ3n) is 6.87. The van der Waals surface area contributed by atoms with Crippen molar-refractivity contribution in [3.63, 3.8) is 0 Å². The Morgan fingerprint density at radius 1 is 1.09 bits per heavy atom. The number of halogens is 2. The highest BCUT2D eigenvalue weighted by atomic mass is 79.9. The summed E-state index contributed by atoms with van der Waals surface area (Å²) in [6.45, 7) is 3.57. The molecule has 0 radical (unpaired) electrons. The molecule has 3 heterocycles. The van der Waals surface area contributed by atoms with Crippen LogP contribution in [-0.4, -0.2) is 44.4 Å². The quantitative estimate of drug-likeness (QED) is 0.228. The number of benzene rings is 2. The summed E-state index contributed by atoms with van der Waals surface area (Å²) in [5.41, 5.74) is 1.65. The second-order valence-corrected chi connectivity index (χ2v) is 11.7. The predicted molar refractivity (Wildman–Crippen MR) is 168 cm³/mol. The van der Waals surface area contributed by atoms with Crippen molar-refractivity contribution in [3.8, 4) is 22.8 Å². The Hall–Kier alpha value is -4.13. The third kappa shape index (κ3) is 5.72. The summed E-state index contributed by atoms with van der Waals surface area (Å²) in [6, 6.07) is 10.9. The molecule has 0 aliphatic carbocycles. The van der Waals surface area contributed by atoms with E-state index in [1.54, 1.807) is 62.4 Å². The molecule has 13 heteroatoms. The molecule has 1 atom stereocenters. The minimum Gasteiger partial charge on any atom is -0.493 e. The van der Waals surface area contributed by atoms with Gasteiger partial charge in [-0.1, -0.05) is 38.9 Å². The fraction of sp³-hybridized carbons (Fsp3) is 0.226. The minimum atomic E-state index is -0.875. The van der Waals surface area contributed by atoms with Crippen LogP contribution in [0.4, 0.5) is 0 Å². The average molecular weight is 702 g/mol. The van der Waals surface area contributed by atoms with Crippen molar-refractivity contribution < 1.29 is 33.0 Å². The zero-order valence-electron chi connectivity index (χ0n) is 24.2. The summed E-state index contributed by atoms with van der Waals surface area (Å²) in [6.07, 6.45) is 1.61. The van der Waals surface area contributed by atoms with Crippen LogP contribution >= 0.6 is 38.9 Å². The number of hydrogen-bond donors (Lipinski definition) is 0. The fourth-order valence-electron chi connectivity index (χ4n) is 4.82. The average Bonchev–Trinajstić information content (AvgIpc) is 3.60. The fourth-order valence-corrected chi connectivity index (χ4v) is 6.59. The van der Waals surface area contributed by atoms with Gasteiger partial charge in [-0.15, -0.1) is 0 Å². The Bertz CT molecular complexity index is 2010. The van der Waals surface area contributed by atoms with E-state index in [4.69, 9.17) is 35.0 Å². The molecule has 0 fully saturated rings. The smallest absolute Gasteiger partial charge is 0.339 e. The first-order chi connectivity index (χ1) is 21.1. The van der Waals surface area contributed by atoms with Crippen LogP contribution in [0, 0.1) is 0 Å². The maximum Gasteiger partial charge on any atom is 0.339 e. The van der Waals surface area contributed by atoms with Crippen molar-refractivity contribution >= 4 is 56.9 Å². The zero-order valence-corrected chi connectivity index (χ0v) is 27.4. The Labute approximate surface area is 268 Å². The van der Waals surface area contributed by atoms with Gasteiger partial charge in [-0.05, 0) is 61.9 Å². The molecule has 0 bridgehead atoms. The lowest BCUT2D eigenvalue weighted by Gasteiger charge is -2.26. The Kier molecular flexibility index (Phi) is 9.14. The van der Waals surface area contributed by atoms with Crippen LogP contribution in [0.3, 0.4) is 0 Å². The number of carbonyl (C=O) groups is 2. The number of thiazole rings is 1. The molecule has 0 amide bonds. The van der Waals surface area contributed by atoms with Gasteiger partial charge < -0.3 is 23.4 Å². The van der Waals surface area contributed by atoms with Gasteiger partial charge in [0.25, 0.3) is 5.56 Å². The summed E-state index contributed by atoms with van der Waals surface area (Å²) in [7, 11) is 4.30. The van der Waals surface area contributed by atoms with Gasteiger partial charge in [0.2, 0.25) is 0 Å². The number of fused-ring (bicyclic) bond motifs is 1. The molecule has 0 unspecified atom stereocenters. The Morgan fingerprint density at radius 3 is 2.50 bits per heavy atom. The lowest BCUT2D eigenvalue weighted by Crippen LogP contribution is -2.40. The molecule has 10 nitrogen and oxygen atoms in total. The number of allylic oxidation sites excluding steroid dienone is 1. The molecule has 0 saturated carbocycles. The van der Waals surface area contributed by atoms with Crippen molar-refractivity contribution in [1.29, 1.82) is 0 Å². The van der Waals surface area contributed by atoms with Crippen molar-refractivity contribution in [1.82, 2.24) is 4.57 Å². The van der Waals surface area contributed by atoms with E-state index in [1.165, 1.54) is 25.9 Å². The SMILES string of the molecule is CCOC(=O)C1=C(C)N=c2s/c(=C\c3ccc(-c4ccc(Cl)c(C(=O)OC)c4)o3)c(=O)n2[C@@H]1c1cc(OC)c(OC)cc1Br. The van der Waals surface area contributed by atoms with Gasteiger partial charge in [-0.2, -0.15) is 0 Å². The topological polar surface area (TPSA) is 119 Å². The number of nitrogens with zero attached hydrogens (tertiary/aromatic N) is 2. The summed E-state index contributed by atoms with van der Waals surface area (Å²) >= 11 is 10.9. The monoisotopic (exact) mass is 700 g/mol. The standard InChI is InChI=1S/C31H26BrClN2O8S/c1-6-42-30(38)26-15(2)34-31-35(27(26)18-13-23(39-3)24(40-4)14-20(18)32)28(36)25(44-31)12-17-8-10-22(43-17)16-7-9-21(33)19(11-16)29(37)41-5/h7-14,27H,6H2,1-5H3/b25-12-/t27-/m1/s1. The van der Waals surface area contributed by atoms with Crippen LogP contribution in [0.1, 0.15) is 41.6 Å². The molecule has 228 valence electrons. The van der Waals surface area contributed by atoms with Crippen molar-refractivity contribution in [2.45, 2.75) is 19.9 Å². The van der Waals surface area contributed by atoms with Gasteiger partial charge in [0.05, 0.1) is 60.4 Å². The molecule has 1 aliphatic heterocycles. The van der Waals surface area contributed by atoms with Crippen molar-refractivity contribution in [2.24, 2.45) is 4.99 Å². The van der Waals surface area contributed by atoms with Gasteiger partial charge in [-0.25, -0.2) is 14.6 Å². The first-order valence-electron chi connectivity index (χ1n) is 13.2. The molecule has 4 aromatic rings. The van der Waals surface area contributed by atoms with Crippen LogP contribution in [0.15, 0.2) is 72.4 Å². The van der Waals surface area contributed by atoms with Gasteiger partial charge in [-0.3, -0.25) is 9.36 Å². The molecule has 0 N–H and O–H groups in total. The normalized spacial score (nSPS) is 14.6. The lowest BCUT2D eigenvalue weighted by atomic mass is 9.95. The molecule has 0 spiro atoms. The number of aromatic nitrogens is 1.